The van der Waals surface area contributed by atoms with E-state index in [1.54, 1.807) is 0 Å². The Morgan fingerprint density at radius 2 is 0.780 bits per heavy atom. The van der Waals surface area contributed by atoms with Crippen molar-refractivity contribution in [2.45, 2.75) is 41.5 Å². The van der Waals surface area contributed by atoms with Crippen molar-refractivity contribution in [2.75, 3.05) is 0 Å². The van der Waals surface area contributed by atoms with Crippen LogP contribution in [0.1, 0.15) is 33.4 Å². The maximum absolute atomic E-state index is 4.59. The van der Waals surface area contributed by atoms with Crippen LogP contribution in [-0.2, 0) is 80.4 Å². The molecule has 4 radical (unpaired) electrons. The number of rotatable bonds is 8. The van der Waals surface area contributed by atoms with Gasteiger partial charge in [0.1, 0.15) is 0 Å². The zero-order valence-corrected chi connectivity index (χ0v) is 56.0. The van der Waals surface area contributed by atoms with Gasteiger partial charge in [-0.25, -0.2) is 0 Å². The first kappa shape index (κ1) is 65.8. The van der Waals surface area contributed by atoms with Gasteiger partial charge in [-0.05, 0) is 132 Å². The third kappa shape index (κ3) is 18.0. The molecule has 0 N–H and O–H groups in total. The molecule has 0 aliphatic carbocycles. The van der Waals surface area contributed by atoms with Crippen molar-refractivity contribution in [3.63, 3.8) is 0 Å². The first-order chi connectivity index (χ1) is 38.2. The van der Waals surface area contributed by atoms with E-state index in [1.165, 1.54) is 72.3 Å². The Balaban J connectivity index is 0.000000197. The number of hydrogen-bond donors (Lipinski definition) is 0. The number of aromatic nitrogens is 4. The van der Waals surface area contributed by atoms with Crippen LogP contribution in [0.2, 0.25) is 0 Å². The Morgan fingerprint density at radius 1 is 0.280 bits per heavy atom. The van der Waals surface area contributed by atoms with Gasteiger partial charge < -0.3 is 19.9 Å². The molecule has 0 saturated carbocycles. The minimum atomic E-state index is 0. The zero-order valence-electron chi connectivity index (χ0n) is 46.4. The van der Waals surface area contributed by atoms with Crippen LogP contribution in [0.25, 0.3) is 89.5 Å². The molecule has 82 heavy (non-hydrogen) atoms. The van der Waals surface area contributed by atoms with Gasteiger partial charge >= 0.3 is 0 Å². The van der Waals surface area contributed by atoms with E-state index in [-0.39, 0.29) is 80.4 Å². The van der Waals surface area contributed by atoms with Gasteiger partial charge in [-0.15, -0.1) is 143 Å². The van der Waals surface area contributed by atoms with Crippen LogP contribution in [0.3, 0.4) is 0 Å². The number of aryl methyl sites for hydroxylation is 6. The minimum Gasteiger partial charge on any atom is -0.305 e. The second-order valence-corrected chi connectivity index (χ2v) is 19.1. The topological polar surface area (TPSA) is 51.6 Å². The molecule has 0 bridgehead atoms. The Labute approximate surface area is 539 Å². The van der Waals surface area contributed by atoms with E-state index >= 15 is 0 Å². The van der Waals surface area contributed by atoms with Crippen molar-refractivity contribution in [1.82, 2.24) is 19.9 Å². The van der Waals surface area contributed by atoms with E-state index in [4.69, 9.17) is 0 Å². The number of nitrogens with zero attached hydrogens (tertiary/aromatic N) is 4. The quantitative estimate of drug-likeness (QED) is 0.142. The molecule has 0 saturated heterocycles. The van der Waals surface area contributed by atoms with Crippen LogP contribution in [0, 0.1) is 65.8 Å². The van der Waals surface area contributed by atoms with E-state index in [1.807, 2.05) is 134 Å². The average Bonchev–Trinajstić information content (AvgIpc) is 3.52. The normalized spacial score (nSPS) is 9.93. The van der Waals surface area contributed by atoms with Crippen LogP contribution in [-0.4, -0.2) is 19.9 Å². The zero-order chi connectivity index (χ0) is 54.1. The van der Waals surface area contributed by atoms with Crippen LogP contribution in [0.5, 0.6) is 0 Å². The molecule has 4 nitrogen and oxygen atoms in total. The van der Waals surface area contributed by atoms with Crippen LogP contribution in [0.15, 0.2) is 255 Å². The summed E-state index contributed by atoms with van der Waals surface area (Å²) in [5.41, 5.74) is 25.3. The summed E-state index contributed by atoms with van der Waals surface area (Å²) < 4.78 is 0. The average molecular weight is 1770 g/mol. The predicted molar refractivity (Wildman–Crippen MR) is 324 cm³/mol. The minimum absolute atomic E-state index is 0. The summed E-state index contributed by atoms with van der Waals surface area (Å²) in [6, 6.07) is 91.3. The van der Waals surface area contributed by atoms with Gasteiger partial charge in [-0.3, -0.25) is 0 Å². The molecule has 12 rings (SSSR count). The molecule has 8 heteroatoms. The van der Waals surface area contributed by atoms with Crippen LogP contribution < -0.4 is 0 Å². The Bertz CT molecular complexity index is 3810. The molecule has 0 fully saturated rings. The van der Waals surface area contributed by atoms with Crippen molar-refractivity contribution in [1.29, 1.82) is 0 Å². The van der Waals surface area contributed by atoms with Crippen molar-refractivity contribution < 1.29 is 80.4 Å². The SMILES string of the molecule is Cc1cc(C)cc(-c2cc[c-]c(-c3ccccn3)c2)c1.Cc1cccc(C)c1-c1cc[c-]c(-c2ccccn2)c1.Cc1cnc(-c2[c-]cccc2)c(-c2ccccc2)c1.Cc1cnc(-c2[c-]cccc2)cc1-c1ccccc1.[Ir].[Ir].[Ir].[Ir]. The number of benzene rings is 8. The third-order valence-electron chi connectivity index (χ3n) is 13.1. The third-order valence-corrected chi connectivity index (χ3v) is 13.1. The molecule has 12 aromatic rings. The van der Waals surface area contributed by atoms with Gasteiger partial charge in [0.2, 0.25) is 0 Å². The molecule has 0 atom stereocenters. The molecule has 8 aromatic carbocycles. The van der Waals surface area contributed by atoms with E-state index in [9.17, 15) is 0 Å². The summed E-state index contributed by atoms with van der Waals surface area (Å²) in [5.74, 6) is 0. The van der Waals surface area contributed by atoms with Crippen molar-refractivity contribution >= 4 is 0 Å². The maximum atomic E-state index is 4.59. The van der Waals surface area contributed by atoms with Gasteiger partial charge in [-0.1, -0.05) is 145 Å². The van der Waals surface area contributed by atoms with Crippen molar-refractivity contribution in [3.05, 3.63) is 313 Å². The second kappa shape index (κ2) is 33.2. The number of pyridine rings is 4. The van der Waals surface area contributed by atoms with Crippen LogP contribution in [0.4, 0.5) is 0 Å². The molecule has 0 spiro atoms. The van der Waals surface area contributed by atoms with Gasteiger partial charge in [0.25, 0.3) is 0 Å². The smallest absolute Gasteiger partial charge is 0.0196 e. The first-order valence-electron chi connectivity index (χ1n) is 26.2. The summed E-state index contributed by atoms with van der Waals surface area (Å²) in [6.07, 6.45) is 7.46. The van der Waals surface area contributed by atoms with Crippen molar-refractivity contribution in [2.24, 2.45) is 0 Å². The summed E-state index contributed by atoms with van der Waals surface area (Å²) in [6.45, 7) is 12.7. The van der Waals surface area contributed by atoms with Gasteiger partial charge in [-0.2, -0.15) is 0 Å². The molecule has 416 valence electrons. The summed E-state index contributed by atoms with van der Waals surface area (Å²) in [5, 5.41) is 0. The van der Waals surface area contributed by atoms with Gasteiger partial charge in [0.15, 0.2) is 0 Å². The second-order valence-electron chi connectivity index (χ2n) is 19.1. The van der Waals surface area contributed by atoms with E-state index in [0.717, 1.165) is 50.6 Å². The molecule has 4 aromatic heterocycles. The monoisotopic (exact) mass is 1780 g/mol. The molecule has 4 heterocycles. The first-order valence-corrected chi connectivity index (χ1v) is 26.2. The van der Waals surface area contributed by atoms with Gasteiger partial charge in [0, 0.05) is 105 Å². The van der Waals surface area contributed by atoms with E-state index in [2.05, 4.69) is 207 Å². The maximum Gasteiger partial charge on any atom is 0.0196 e. The predicted octanol–water partition coefficient (Wildman–Crippen LogP) is 18.7. The molecule has 0 aliphatic rings. The summed E-state index contributed by atoms with van der Waals surface area (Å²) in [4.78, 5) is 17.9. The summed E-state index contributed by atoms with van der Waals surface area (Å²) >= 11 is 0. The largest absolute Gasteiger partial charge is 0.305 e. The fourth-order valence-corrected chi connectivity index (χ4v) is 9.33. The Morgan fingerprint density at radius 3 is 1.32 bits per heavy atom. The van der Waals surface area contributed by atoms with E-state index < -0.39 is 0 Å². The molecular formula is C74H60Ir4N4-4. The van der Waals surface area contributed by atoms with Crippen molar-refractivity contribution in [3.8, 4) is 89.5 Å². The standard InChI is InChI=1S/2C19H16N.2C18H14N.4Ir/c1-14-7-5-8-15(2)19(14)17-10-6-9-16(13-17)18-11-3-4-12-20-18;1-14-10-15(2)12-18(11-14)16-6-5-7-17(13-16)19-8-3-4-9-20-19;1-14-13-19-18(16-10-6-3-7-11-16)12-17(14)15-8-4-2-5-9-15;1-14-12-17(15-8-4-2-5-9-15)18(19-13-14)16-10-6-3-7-11-16;;;;/h3-8,10-13H,1-2H3;3-6,8-13H,1-2H3;2*2-10,12-13H,1H3;;;;/q4*-1;;;;. The van der Waals surface area contributed by atoms with Gasteiger partial charge in [0.05, 0.1) is 0 Å². The van der Waals surface area contributed by atoms with Crippen LogP contribution >= 0.6 is 0 Å². The fraction of sp³-hybridized carbons (Fsp3) is 0.0811. The molecule has 0 aliphatic heterocycles. The molecule has 0 amide bonds. The fourth-order valence-electron chi connectivity index (χ4n) is 9.33. The molecular weight excluding hydrogens is 1710 g/mol. The molecule has 0 unspecified atom stereocenters. The Kier molecular flexibility index (Phi) is 26.6. The number of hydrogen-bond acceptors (Lipinski definition) is 4. The summed E-state index contributed by atoms with van der Waals surface area (Å²) in [7, 11) is 0. The van der Waals surface area contributed by atoms with E-state index in [0.29, 0.717) is 0 Å². The Hall–Kier alpha value is -7.04.